The molecule has 174 valence electrons. The molecule has 1 N–H and O–H groups in total. The van der Waals surface area contributed by atoms with Crippen molar-refractivity contribution in [3.05, 3.63) is 75.0 Å². The molecule has 13 heteroatoms. The van der Waals surface area contributed by atoms with Crippen molar-refractivity contribution >= 4 is 23.4 Å². The van der Waals surface area contributed by atoms with Crippen LogP contribution in [0, 0.1) is 10.1 Å². The number of Topliss-reactive ketones (excluding diaryl/α,β-unsaturated/α-hetero) is 1. The molecule has 3 aromatic rings. The Morgan fingerprint density at radius 3 is 2.53 bits per heavy atom. The van der Waals surface area contributed by atoms with E-state index in [9.17, 15) is 19.7 Å². The molecule has 0 bridgehead atoms. The van der Waals surface area contributed by atoms with Gasteiger partial charge in [0.25, 0.3) is 5.69 Å². The van der Waals surface area contributed by atoms with Gasteiger partial charge in [-0.3, -0.25) is 14.9 Å². The molecule has 0 radical (unpaired) electrons. The predicted octanol–water partition coefficient (Wildman–Crippen LogP) is 1.92. The molecular formula is C21H18N6O7. The minimum absolute atomic E-state index is 0.00518. The molecule has 1 aromatic heterocycles. The van der Waals surface area contributed by atoms with E-state index in [1.807, 2.05) is 0 Å². The molecule has 0 unspecified atom stereocenters. The highest BCUT2D eigenvalue weighted by Gasteiger charge is 2.39. The van der Waals surface area contributed by atoms with Gasteiger partial charge in [-0.2, -0.15) is 4.68 Å². The number of aromatic nitrogens is 4. The summed E-state index contributed by atoms with van der Waals surface area (Å²) in [6.07, 6.45) is 0. The molecule has 1 aliphatic rings. The predicted molar refractivity (Wildman–Crippen MR) is 116 cm³/mol. The topological polar surface area (TPSA) is 161 Å². The van der Waals surface area contributed by atoms with Crippen LogP contribution < -0.4 is 14.8 Å². The number of nitrogens with zero attached hydrogens (tertiary/aromatic N) is 5. The van der Waals surface area contributed by atoms with Crippen LogP contribution in [0.15, 0.2) is 53.7 Å². The van der Waals surface area contributed by atoms with E-state index >= 15 is 0 Å². The number of allylic oxidation sites excluding steroid dienone is 1. The van der Waals surface area contributed by atoms with Gasteiger partial charge in [-0.25, -0.2) is 4.79 Å². The molecule has 1 atom stereocenters. The van der Waals surface area contributed by atoms with Crippen molar-refractivity contribution < 1.29 is 28.7 Å². The number of nitro benzene ring substituents is 1. The first-order valence-electron chi connectivity index (χ1n) is 9.78. The highest BCUT2D eigenvalue weighted by Crippen LogP contribution is 2.39. The molecule has 4 rings (SSSR count). The van der Waals surface area contributed by atoms with Gasteiger partial charge in [0.05, 0.1) is 31.8 Å². The number of benzene rings is 2. The third kappa shape index (κ3) is 3.79. The van der Waals surface area contributed by atoms with Gasteiger partial charge < -0.3 is 19.5 Å². The number of ether oxygens (including phenoxy) is 3. The summed E-state index contributed by atoms with van der Waals surface area (Å²) in [7, 11) is 4.10. The van der Waals surface area contributed by atoms with E-state index in [0.717, 1.165) is 13.2 Å². The molecule has 34 heavy (non-hydrogen) atoms. The van der Waals surface area contributed by atoms with E-state index < -0.39 is 22.7 Å². The van der Waals surface area contributed by atoms with Crippen LogP contribution in [-0.2, 0) is 9.53 Å². The van der Waals surface area contributed by atoms with Crippen LogP contribution in [0.2, 0.25) is 0 Å². The second-order valence-electron chi connectivity index (χ2n) is 7.01. The summed E-state index contributed by atoms with van der Waals surface area (Å²) in [5.41, 5.74) is -0.0571. The number of tetrazole rings is 1. The van der Waals surface area contributed by atoms with Crippen LogP contribution in [0.25, 0.3) is 0 Å². The van der Waals surface area contributed by atoms with Crippen molar-refractivity contribution in [3.8, 4) is 11.5 Å². The Balaban J connectivity index is 1.96. The normalized spacial score (nSPS) is 14.6. The molecule has 0 amide bonds. The third-order valence-corrected chi connectivity index (χ3v) is 5.19. The van der Waals surface area contributed by atoms with Crippen molar-refractivity contribution in [2.75, 3.05) is 26.6 Å². The van der Waals surface area contributed by atoms with E-state index in [1.54, 1.807) is 18.2 Å². The van der Waals surface area contributed by atoms with Crippen LogP contribution in [0.1, 0.15) is 22.0 Å². The van der Waals surface area contributed by atoms with E-state index in [2.05, 4.69) is 20.8 Å². The Hall–Kier alpha value is -4.81. The van der Waals surface area contributed by atoms with Gasteiger partial charge in [-0.1, -0.05) is 23.3 Å². The van der Waals surface area contributed by atoms with Crippen LogP contribution in [0.5, 0.6) is 11.5 Å². The zero-order valence-corrected chi connectivity index (χ0v) is 18.2. The van der Waals surface area contributed by atoms with Crippen molar-refractivity contribution in [1.82, 2.24) is 20.2 Å². The highest BCUT2D eigenvalue weighted by atomic mass is 16.6. The van der Waals surface area contributed by atoms with Crippen LogP contribution >= 0.6 is 0 Å². The molecule has 0 saturated heterocycles. The number of nitro groups is 1. The van der Waals surface area contributed by atoms with Crippen molar-refractivity contribution in [2.24, 2.45) is 0 Å². The van der Waals surface area contributed by atoms with Gasteiger partial charge in [-0.15, -0.1) is 0 Å². The molecule has 2 aromatic carbocycles. The average molecular weight is 466 g/mol. The number of methoxy groups -OCH3 is 3. The molecule has 0 saturated carbocycles. The number of esters is 1. The lowest BCUT2D eigenvalue weighted by atomic mass is 9.89. The maximum absolute atomic E-state index is 13.7. The molecule has 0 spiro atoms. The largest absolute Gasteiger partial charge is 0.493 e. The van der Waals surface area contributed by atoms with Crippen LogP contribution in [0.4, 0.5) is 11.6 Å². The minimum atomic E-state index is -0.994. The number of hydrogen-bond acceptors (Lipinski definition) is 11. The zero-order chi connectivity index (χ0) is 24.4. The van der Waals surface area contributed by atoms with Gasteiger partial charge >= 0.3 is 5.97 Å². The second-order valence-corrected chi connectivity index (χ2v) is 7.01. The number of ketones is 1. The SMILES string of the molecule is COC(=O)C1=C(C(=O)c2cccc([N+](=O)[O-])c2)[C@@H](c2ccc(OC)c(OC)c2)n2nnnc2N1. The Kier molecular flexibility index (Phi) is 5.91. The minimum Gasteiger partial charge on any atom is -0.493 e. The number of non-ortho nitro benzene ring substituents is 1. The lowest BCUT2D eigenvalue weighted by Gasteiger charge is -2.28. The summed E-state index contributed by atoms with van der Waals surface area (Å²) >= 11 is 0. The highest BCUT2D eigenvalue weighted by molar-refractivity contribution is 6.15. The number of carbonyl (C=O) groups excluding carboxylic acids is 2. The molecule has 0 aliphatic carbocycles. The molecule has 0 fully saturated rings. The second kappa shape index (κ2) is 8.97. The number of fused-ring (bicyclic) bond motifs is 1. The molecular weight excluding hydrogens is 448 g/mol. The summed E-state index contributed by atoms with van der Waals surface area (Å²) in [6, 6.07) is 9.11. The van der Waals surface area contributed by atoms with Gasteiger partial charge in [0.1, 0.15) is 11.7 Å². The molecule has 2 heterocycles. The number of anilines is 1. The average Bonchev–Trinajstić information content (AvgIpc) is 3.34. The number of rotatable bonds is 7. The Morgan fingerprint density at radius 2 is 1.85 bits per heavy atom. The summed E-state index contributed by atoms with van der Waals surface area (Å²) in [5.74, 6) is -0.586. The summed E-state index contributed by atoms with van der Waals surface area (Å²) in [6.45, 7) is 0. The number of carbonyl (C=O) groups is 2. The van der Waals surface area contributed by atoms with Crippen molar-refractivity contribution in [1.29, 1.82) is 0 Å². The Bertz CT molecular complexity index is 1330. The molecule has 1 aliphatic heterocycles. The Labute approximate surface area is 192 Å². The first-order chi connectivity index (χ1) is 16.4. The van der Waals surface area contributed by atoms with E-state index in [1.165, 1.54) is 37.1 Å². The fraction of sp³-hybridized carbons (Fsp3) is 0.190. The quantitative estimate of drug-likeness (QED) is 0.234. The third-order valence-electron chi connectivity index (χ3n) is 5.19. The monoisotopic (exact) mass is 466 g/mol. The van der Waals surface area contributed by atoms with Gasteiger partial charge in [0.15, 0.2) is 17.3 Å². The smallest absolute Gasteiger partial charge is 0.355 e. The lowest BCUT2D eigenvalue weighted by molar-refractivity contribution is -0.384. The fourth-order valence-corrected chi connectivity index (χ4v) is 3.64. The van der Waals surface area contributed by atoms with Crippen LogP contribution in [-0.4, -0.2) is 58.2 Å². The van der Waals surface area contributed by atoms with Gasteiger partial charge in [0.2, 0.25) is 5.95 Å². The van der Waals surface area contributed by atoms with Crippen molar-refractivity contribution in [3.63, 3.8) is 0 Å². The lowest BCUT2D eigenvalue weighted by Crippen LogP contribution is -2.33. The summed E-state index contributed by atoms with van der Waals surface area (Å²) in [4.78, 5) is 37.1. The first-order valence-corrected chi connectivity index (χ1v) is 9.78. The number of hydrogen-bond donors (Lipinski definition) is 1. The standard InChI is InChI=1S/C21H18N6O7/c1-32-14-8-7-11(10-15(14)33-2)18-16(19(28)12-5-4-6-13(9-12)27(30)31)17(20(29)34-3)22-21-23-24-25-26(18)21/h4-10,18H,1-3H3,(H,22,23,25)/t18-/m1/s1. The van der Waals surface area contributed by atoms with E-state index in [4.69, 9.17) is 14.2 Å². The molecule has 13 nitrogen and oxygen atoms in total. The van der Waals surface area contributed by atoms with E-state index in [0.29, 0.717) is 17.1 Å². The van der Waals surface area contributed by atoms with E-state index in [-0.39, 0.29) is 28.5 Å². The van der Waals surface area contributed by atoms with Gasteiger partial charge in [0, 0.05) is 17.7 Å². The van der Waals surface area contributed by atoms with Gasteiger partial charge in [-0.05, 0) is 28.1 Å². The summed E-state index contributed by atoms with van der Waals surface area (Å²) in [5, 5.41) is 25.5. The zero-order valence-electron chi connectivity index (χ0n) is 18.2. The number of nitrogens with one attached hydrogen (secondary N) is 1. The van der Waals surface area contributed by atoms with Crippen molar-refractivity contribution in [2.45, 2.75) is 6.04 Å². The maximum atomic E-state index is 13.7. The maximum Gasteiger partial charge on any atom is 0.355 e. The first kappa shape index (κ1) is 22.4. The fourth-order valence-electron chi connectivity index (χ4n) is 3.64. The summed E-state index contributed by atoms with van der Waals surface area (Å²) < 4.78 is 16.9. The Morgan fingerprint density at radius 1 is 1.09 bits per heavy atom. The van der Waals surface area contributed by atoms with Crippen LogP contribution in [0.3, 0.4) is 0 Å².